The van der Waals surface area contributed by atoms with Gasteiger partial charge in [0.1, 0.15) is 6.54 Å². The van der Waals surface area contributed by atoms with Crippen LogP contribution in [-0.2, 0) is 9.59 Å². The minimum atomic E-state index is -0.168. The lowest BCUT2D eigenvalue weighted by molar-refractivity contribution is -0.137. The molecule has 0 radical (unpaired) electrons. The highest BCUT2D eigenvalue weighted by molar-refractivity contribution is 7.13. The Morgan fingerprint density at radius 3 is 2.71 bits per heavy atom. The number of nitrogens with one attached hydrogen (secondary N) is 1. The second-order valence-corrected chi connectivity index (χ2v) is 7.67. The molecule has 0 saturated heterocycles. The fourth-order valence-electron chi connectivity index (χ4n) is 3.21. The van der Waals surface area contributed by atoms with E-state index in [1.165, 1.54) is 37.0 Å². The molecule has 1 saturated carbocycles. The third kappa shape index (κ3) is 5.58. The maximum Gasteiger partial charge on any atom is 0.245 e. The first kappa shape index (κ1) is 18.9. The number of amides is 2. The molecule has 1 aromatic rings. The van der Waals surface area contributed by atoms with Crippen LogP contribution in [0.15, 0.2) is 5.38 Å². The van der Waals surface area contributed by atoms with E-state index in [1.807, 2.05) is 26.2 Å². The summed E-state index contributed by atoms with van der Waals surface area (Å²) in [6, 6.07) is 0.0739. The zero-order valence-corrected chi connectivity index (χ0v) is 15.8. The Kier molecular flexibility index (Phi) is 7.21. The first-order valence-electron chi connectivity index (χ1n) is 9.01. The van der Waals surface area contributed by atoms with Crippen molar-refractivity contribution in [2.75, 3.05) is 11.9 Å². The molecule has 0 aromatic carbocycles. The van der Waals surface area contributed by atoms with Gasteiger partial charge in [-0.15, -0.1) is 11.3 Å². The Morgan fingerprint density at radius 2 is 2.12 bits per heavy atom. The molecule has 1 fully saturated rings. The van der Waals surface area contributed by atoms with Crippen LogP contribution in [0, 0.1) is 12.8 Å². The second-order valence-electron chi connectivity index (χ2n) is 6.81. The number of hydrogen-bond donors (Lipinski definition) is 1. The van der Waals surface area contributed by atoms with Gasteiger partial charge in [0.2, 0.25) is 11.8 Å². The van der Waals surface area contributed by atoms with Crippen LogP contribution in [0.5, 0.6) is 0 Å². The van der Waals surface area contributed by atoms with Gasteiger partial charge in [0, 0.05) is 17.8 Å². The number of thiazole rings is 1. The van der Waals surface area contributed by atoms with E-state index in [4.69, 9.17) is 0 Å². The molecule has 2 rings (SSSR count). The summed E-state index contributed by atoms with van der Waals surface area (Å²) in [7, 11) is 0. The molecule has 6 heteroatoms. The molecular formula is C18H29N3O2S. The lowest BCUT2D eigenvalue weighted by Crippen LogP contribution is -2.43. The van der Waals surface area contributed by atoms with Crippen LogP contribution in [-0.4, -0.2) is 34.3 Å². The van der Waals surface area contributed by atoms with Gasteiger partial charge in [-0.2, -0.15) is 0 Å². The van der Waals surface area contributed by atoms with Crippen molar-refractivity contribution in [1.82, 2.24) is 9.88 Å². The third-order valence-corrected chi connectivity index (χ3v) is 5.74. The Hall–Kier alpha value is -1.43. The monoisotopic (exact) mass is 351 g/mol. The van der Waals surface area contributed by atoms with Gasteiger partial charge in [-0.1, -0.05) is 32.6 Å². The third-order valence-electron chi connectivity index (χ3n) is 4.86. The van der Waals surface area contributed by atoms with Crippen molar-refractivity contribution >= 4 is 28.3 Å². The smallest absolute Gasteiger partial charge is 0.245 e. The molecule has 1 aliphatic rings. The molecule has 0 bridgehead atoms. The first-order valence-corrected chi connectivity index (χ1v) is 9.89. The Balaban J connectivity index is 1.88. The molecule has 1 aromatic heterocycles. The lowest BCUT2D eigenvalue weighted by Gasteiger charge is -2.28. The zero-order valence-electron chi connectivity index (χ0n) is 15.0. The highest BCUT2D eigenvalue weighted by Gasteiger charge is 2.24. The van der Waals surface area contributed by atoms with E-state index >= 15 is 0 Å². The van der Waals surface area contributed by atoms with Gasteiger partial charge in [0.05, 0.1) is 5.69 Å². The van der Waals surface area contributed by atoms with Crippen LogP contribution in [0.2, 0.25) is 0 Å². The summed E-state index contributed by atoms with van der Waals surface area (Å²) in [6.45, 7) is 6.06. The summed E-state index contributed by atoms with van der Waals surface area (Å²) in [5.41, 5.74) is 0.890. The lowest BCUT2D eigenvalue weighted by atomic mass is 10.0. The predicted octanol–water partition coefficient (Wildman–Crippen LogP) is 3.99. The molecule has 0 spiro atoms. The molecule has 1 aliphatic carbocycles. The zero-order chi connectivity index (χ0) is 17.5. The average molecular weight is 352 g/mol. The Labute approximate surface area is 148 Å². The summed E-state index contributed by atoms with van der Waals surface area (Å²) < 4.78 is 0. The number of carbonyl (C=O) groups is 2. The molecule has 1 heterocycles. The normalized spacial score (nSPS) is 16.1. The first-order chi connectivity index (χ1) is 11.5. The van der Waals surface area contributed by atoms with Crippen LogP contribution in [0.4, 0.5) is 5.13 Å². The van der Waals surface area contributed by atoms with E-state index in [0.29, 0.717) is 17.5 Å². The van der Waals surface area contributed by atoms with Crippen molar-refractivity contribution in [2.45, 2.75) is 71.8 Å². The Bertz CT molecular complexity index is 552. The van der Waals surface area contributed by atoms with Crippen LogP contribution in [0.3, 0.4) is 0 Å². The highest BCUT2D eigenvalue weighted by atomic mass is 32.1. The minimum Gasteiger partial charge on any atom is -0.331 e. The quantitative estimate of drug-likeness (QED) is 0.770. The van der Waals surface area contributed by atoms with E-state index in [-0.39, 0.29) is 24.4 Å². The maximum absolute atomic E-state index is 12.6. The van der Waals surface area contributed by atoms with E-state index in [2.05, 4.69) is 10.3 Å². The van der Waals surface area contributed by atoms with Crippen molar-refractivity contribution < 1.29 is 9.59 Å². The van der Waals surface area contributed by atoms with Crippen LogP contribution in [0.1, 0.15) is 64.5 Å². The number of carbonyl (C=O) groups excluding carboxylic acids is 2. The SMILES string of the molecule is CCC(C)N(CC(=O)Nc1nc(C)cs1)C(=O)CCC1CCCC1. The maximum atomic E-state index is 12.6. The number of anilines is 1. The molecule has 24 heavy (non-hydrogen) atoms. The van der Waals surface area contributed by atoms with Crippen LogP contribution in [0.25, 0.3) is 0 Å². The number of hydrogen-bond acceptors (Lipinski definition) is 4. The highest BCUT2D eigenvalue weighted by Crippen LogP contribution is 2.28. The number of aryl methyl sites for hydroxylation is 1. The van der Waals surface area contributed by atoms with Gasteiger partial charge in [0.25, 0.3) is 0 Å². The van der Waals surface area contributed by atoms with Gasteiger partial charge >= 0.3 is 0 Å². The molecule has 1 atom stereocenters. The molecule has 0 aliphatic heterocycles. The Morgan fingerprint density at radius 1 is 1.42 bits per heavy atom. The number of rotatable bonds is 8. The molecule has 134 valence electrons. The van der Waals surface area contributed by atoms with E-state index < -0.39 is 0 Å². The molecular weight excluding hydrogens is 322 g/mol. The van der Waals surface area contributed by atoms with Gasteiger partial charge in [-0.25, -0.2) is 4.98 Å². The van der Waals surface area contributed by atoms with Crippen molar-refractivity contribution in [3.05, 3.63) is 11.1 Å². The average Bonchev–Trinajstić information content (AvgIpc) is 3.21. The van der Waals surface area contributed by atoms with Gasteiger partial charge < -0.3 is 10.2 Å². The molecule has 2 amide bonds. The van der Waals surface area contributed by atoms with Gasteiger partial charge in [-0.05, 0) is 32.6 Å². The summed E-state index contributed by atoms with van der Waals surface area (Å²) in [5.74, 6) is 0.625. The molecule has 1 N–H and O–H groups in total. The van der Waals surface area contributed by atoms with Gasteiger partial charge in [-0.3, -0.25) is 9.59 Å². The molecule has 5 nitrogen and oxygen atoms in total. The number of nitrogens with zero attached hydrogens (tertiary/aromatic N) is 2. The van der Waals surface area contributed by atoms with Crippen molar-refractivity contribution in [3.63, 3.8) is 0 Å². The van der Waals surface area contributed by atoms with Gasteiger partial charge in [0.15, 0.2) is 5.13 Å². The second kappa shape index (κ2) is 9.16. The summed E-state index contributed by atoms with van der Waals surface area (Å²) >= 11 is 1.41. The van der Waals surface area contributed by atoms with E-state index in [0.717, 1.165) is 18.5 Å². The standard InChI is InChI=1S/C18H29N3O2S/c1-4-14(3)21(17(23)10-9-15-7-5-6-8-15)11-16(22)20-18-19-13(2)12-24-18/h12,14-15H,4-11H2,1-3H3,(H,19,20,22). The number of aromatic nitrogens is 1. The minimum absolute atomic E-state index is 0.0739. The summed E-state index contributed by atoms with van der Waals surface area (Å²) in [6.07, 6.45) is 7.45. The predicted molar refractivity (Wildman–Crippen MR) is 98.1 cm³/mol. The van der Waals surface area contributed by atoms with Crippen molar-refractivity contribution in [2.24, 2.45) is 5.92 Å². The summed E-state index contributed by atoms with van der Waals surface area (Å²) in [4.78, 5) is 30.9. The van der Waals surface area contributed by atoms with E-state index in [1.54, 1.807) is 4.90 Å². The summed E-state index contributed by atoms with van der Waals surface area (Å²) in [5, 5.41) is 5.29. The largest absolute Gasteiger partial charge is 0.331 e. The van der Waals surface area contributed by atoms with Crippen molar-refractivity contribution in [3.8, 4) is 0 Å². The topological polar surface area (TPSA) is 62.3 Å². The molecule has 1 unspecified atom stereocenters. The van der Waals surface area contributed by atoms with E-state index in [9.17, 15) is 9.59 Å². The van der Waals surface area contributed by atoms with Crippen LogP contribution < -0.4 is 5.32 Å². The van der Waals surface area contributed by atoms with Crippen molar-refractivity contribution in [1.29, 1.82) is 0 Å². The van der Waals surface area contributed by atoms with Crippen LogP contribution >= 0.6 is 11.3 Å². The fourth-order valence-corrected chi connectivity index (χ4v) is 3.91. The fraction of sp³-hybridized carbons (Fsp3) is 0.722.